The van der Waals surface area contributed by atoms with Crippen LogP contribution in [0.3, 0.4) is 0 Å². The number of carbonyl (C=O) groups is 2. The zero-order chi connectivity index (χ0) is 15.1. The topological polar surface area (TPSA) is 55.4 Å². The van der Waals surface area contributed by atoms with Crippen molar-refractivity contribution in [1.29, 1.82) is 0 Å². The van der Waals surface area contributed by atoms with Crippen molar-refractivity contribution in [2.45, 2.75) is 69.4 Å². The molecule has 5 heteroatoms. The zero-order valence-electron chi connectivity index (χ0n) is 12.6. The molecule has 1 N–H and O–H groups in total. The summed E-state index contributed by atoms with van der Waals surface area (Å²) in [5.74, 6) is 0.455. The molecule has 21 heavy (non-hydrogen) atoms. The number of ether oxygens (including phenoxy) is 1. The van der Waals surface area contributed by atoms with E-state index in [2.05, 4.69) is 5.32 Å². The Balaban J connectivity index is 1.72. The summed E-state index contributed by atoms with van der Waals surface area (Å²) >= 11 is 5.81. The largest absolute Gasteiger partial charge is 0.453 e. The number of amides is 1. The average Bonchev–Trinajstić information content (AvgIpc) is 2.64. The molecule has 0 radical (unpaired) electrons. The monoisotopic (exact) mass is 313 g/mol. The molecule has 0 aromatic heterocycles. The molecule has 2 aliphatic heterocycles. The van der Waals surface area contributed by atoms with Gasteiger partial charge in [0, 0.05) is 5.88 Å². The Morgan fingerprint density at radius 2 is 1.95 bits per heavy atom. The molecule has 3 aliphatic rings. The van der Waals surface area contributed by atoms with Crippen molar-refractivity contribution < 1.29 is 14.3 Å². The fourth-order valence-corrected chi connectivity index (χ4v) is 4.66. The Bertz CT molecular complexity index is 449. The maximum absolute atomic E-state index is 12.2. The van der Waals surface area contributed by atoms with Crippen molar-refractivity contribution in [2.75, 3.05) is 5.88 Å². The second-order valence-electron chi connectivity index (χ2n) is 6.96. The van der Waals surface area contributed by atoms with Crippen LogP contribution in [0.2, 0.25) is 0 Å². The van der Waals surface area contributed by atoms with Gasteiger partial charge in [0.05, 0.1) is 5.92 Å². The van der Waals surface area contributed by atoms with Crippen LogP contribution in [-0.4, -0.2) is 28.9 Å². The molecule has 3 fully saturated rings. The molecule has 118 valence electrons. The molecule has 0 spiro atoms. The third-order valence-electron chi connectivity index (χ3n) is 5.87. The predicted octanol–water partition coefficient (Wildman–Crippen LogP) is 2.78. The Morgan fingerprint density at radius 3 is 2.57 bits per heavy atom. The number of rotatable bonds is 5. The summed E-state index contributed by atoms with van der Waals surface area (Å²) in [5, 5.41) is 2.96. The van der Waals surface area contributed by atoms with E-state index in [0.717, 1.165) is 6.42 Å². The predicted molar refractivity (Wildman–Crippen MR) is 80.0 cm³/mol. The van der Waals surface area contributed by atoms with Crippen LogP contribution in [0.15, 0.2) is 0 Å². The first-order chi connectivity index (χ1) is 10.0. The van der Waals surface area contributed by atoms with E-state index in [9.17, 15) is 9.59 Å². The van der Waals surface area contributed by atoms with Crippen LogP contribution in [-0.2, 0) is 14.3 Å². The smallest absolute Gasteiger partial charge is 0.336 e. The molecule has 3 rings (SSSR count). The summed E-state index contributed by atoms with van der Waals surface area (Å²) in [6.45, 7) is 1.89. The first-order valence-electron chi connectivity index (χ1n) is 8.15. The molecule has 1 aliphatic carbocycles. The van der Waals surface area contributed by atoms with E-state index in [1.165, 1.54) is 32.1 Å². The normalized spacial score (nSPS) is 39.4. The van der Waals surface area contributed by atoms with E-state index in [1.807, 2.05) is 6.92 Å². The van der Waals surface area contributed by atoms with Crippen LogP contribution in [0.5, 0.6) is 0 Å². The molecule has 2 heterocycles. The SMILES string of the molecule is C[C@]12OC(=O)[C@@]1(CCC1CCCCC1)NC(=O)[C@H]2CCCl. The van der Waals surface area contributed by atoms with E-state index < -0.39 is 11.1 Å². The maximum Gasteiger partial charge on any atom is 0.336 e. The van der Waals surface area contributed by atoms with E-state index in [4.69, 9.17) is 16.3 Å². The van der Waals surface area contributed by atoms with Gasteiger partial charge in [-0.3, -0.25) is 4.79 Å². The zero-order valence-corrected chi connectivity index (χ0v) is 13.4. The van der Waals surface area contributed by atoms with Crippen LogP contribution in [0, 0.1) is 11.8 Å². The second kappa shape index (κ2) is 5.45. The lowest BCUT2D eigenvalue weighted by molar-refractivity contribution is -0.221. The Hall–Kier alpha value is -0.770. The van der Waals surface area contributed by atoms with Gasteiger partial charge in [-0.1, -0.05) is 32.1 Å². The molecule has 4 nitrogen and oxygen atoms in total. The molecular weight excluding hydrogens is 290 g/mol. The van der Waals surface area contributed by atoms with Crippen molar-refractivity contribution >= 4 is 23.5 Å². The summed E-state index contributed by atoms with van der Waals surface area (Å²) in [6, 6.07) is 0. The summed E-state index contributed by atoms with van der Waals surface area (Å²) in [7, 11) is 0. The third kappa shape index (κ3) is 2.18. The van der Waals surface area contributed by atoms with Crippen molar-refractivity contribution in [3.8, 4) is 0 Å². The van der Waals surface area contributed by atoms with Crippen LogP contribution < -0.4 is 5.32 Å². The summed E-state index contributed by atoms with van der Waals surface area (Å²) in [5.41, 5.74) is -1.50. The van der Waals surface area contributed by atoms with Gasteiger partial charge < -0.3 is 10.1 Å². The maximum atomic E-state index is 12.2. The van der Waals surface area contributed by atoms with E-state index in [-0.39, 0.29) is 17.8 Å². The molecule has 3 atom stereocenters. The molecule has 2 saturated heterocycles. The number of hydrogen-bond acceptors (Lipinski definition) is 3. The quantitative estimate of drug-likeness (QED) is 0.627. The lowest BCUT2D eigenvalue weighted by atomic mass is 9.67. The van der Waals surface area contributed by atoms with Gasteiger partial charge in [0.1, 0.15) is 0 Å². The molecule has 0 bridgehead atoms. The minimum Gasteiger partial charge on any atom is -0.453 e. The van der Waals surface area contributed by atoms with Gasteiger partial charge in [0.25, 0.3) is 0 Å². The number of alkyl halides is 1. The van der Waals surface area contributed by atoms with Gasteiger partial charge in [-0.25, -0.2) is 4.79 Å². The van der Waals surface area contributed by atoms with Crippen molar-refractivity contribution in [3.05, 3.63) is 0 Å². The highest BCUT2D eigenvalue weighted by atomic mass is 35.5. The first kappa shape index (κ1) is 15.1. The fourth-order valence-electron chi connectivity index (χ4n) is 4.44. The second-order valence-corrected chi connectivity index (χ2v) is 7.34. The number of nitrogens with one attached hydrogen (secondary N) is 1. The lowest BCUT2D eigenvalue weighted by Crippen LogP contribution is -2.74. The minimum absolute atomic E-state index is 0.0763. The first-order valence-corrected chi connectivity index (χ1v) is 8.68. The molecule has 0 unspecified atom stereocenters. The molecule has 1 amide bonds. The number of carbonyl (C=O) groups excluding carboxylic acids is 2. The Labute approximate surface area is 130 Å². The highest BCUT2D eigenvalue weighted by Crippen LogP contribution is 2.52. The van der Waals surface area contributed by atoms with Gasteiger partial charge >= 0.3 is 5.97 Å². The Kier molecular flexibility index (Phi) is 3.93. The lowest BCUT2D eigenvalue weighted by Gasteiger charge is -2.51. The molecule has 0 aromatic rings. The summed E-state index contributed by atoms with van der Waals surface area (Å²) in [4.78, 5) is 24.4. The number of fused-ring (bicyclic) bond motifs is 1. The van der Waals surface area contributed by atoms with Crippen LogP contribution >= 0.6 is 11.6 Å². The standard InChI is InChI=1S/C16H24ClNO3/c1-15-12(8-10-17)13(19)18-16(15,14(20)21-15)9-7-11-5-3-2-4-6-11/h11-12H,2-10H2,1H3,(H,18,19)/t12-,15-,16-/m1/s1. The number of halogens is 1. The average molecular weight is 314 g/mol. The third-order valence-corrected chi connectivity index (χ3v) is 6.09. The summed E-state index contributed by atoms with van der Waals surface area (Å²) < 4.78 is 5.45. The van der Waals surface area contributed by atoms with Crippen LogP contribution in [0.1, 0.15) is 58.3 Å². The minimum atomic E-state index is -0.793. The van der Waals surface area contributed by atoms with Gasteiger partial charge in [-0.2, -0.15) is 0 Å². The van der Waals surface area contributed by atoms with Crippen LogP contribution in [0.25, 0.3) is 0 Å². The van der Waals surface area contributed by atoms with Gasteiger partial charge in [-0.05, 0) is 32.1 Å². The molecular formula is C16H24ClNO3. The highest BCUT2D eigenvalue weighted by Gasteiger charge is 2.75. The van der Waals surface area contributed by atoms with E-state index in [0.29, 0.717) is 24.6 Å². The van der Waals surface area contributed by atoms with Crippen molar-refractivity contribution in [3.63, 3.8) is 0 Å². The molecule has 1 saturated carbocycles. The van der Waals surface area contributed by atoms with Gasteiger partial charge in [0.15, 0.2) is 11.1 Å². The summed E-state index contributed by atoms with van der Waals surface area (Å²) in [6.07, 6.45) is 8.68. The number of esters is 1. The van der Waals surface area contributed by atoms with Gasteiger partial charge in [-0.15, -0.1) is 11.6 Å². The van der Waals surface area contributed by atoms with Crippen molar-refractivity contribution in [2.24, 2.45) is 11.8 Å². The number of hydrogen-bond donors (Lipinski definition) is 1. The van der Waals surface area contributed by atoms with Gasteiger partial charge in [0.2, 0.25) is 5.91 Å². The highest BCUT2D eigenvalue weighted by molar-refractivity contribution is 6.18. The Morgan fingerprint density at radius 1 is 1.24 bits per heavy atom. The van der Waals surface area contributed by atoms with E-state index >= 15 is 0 Å². The fraction of sp³-hybridized carbons (Fsp3) is 0.875. The van der Waals surface area contributed by atoms with Crippen molar-refractivity contribution in [1.82, 2.24) is 5.32 Å². The molecule has 0 aromatic carbocycles. The van der Waals surface area contributed by atoms with E-state index in [1.54, 1.807) is 0 Å². The van der Waals surface area contributed by atoms with Crippen LogP contribution in [0.4, 0.5) is 0 Å².